The van der Waals surface area contributed by atoms with Gasteiger partial charge in [0, 0.05) is 30.5 Å². The molecule has 0 aliphatic carbocycles. The second-order valence-electron chi connectivity index (χ2n) is 8.54. The molecule has 0 fully saturated rings. The number of hydrogen-bond donors (Lipinski definition) is 1. The SMILES string of the molecule is CCOc1ccc(CNC(=O)CCc2c(C)c3c(C)nn(-c4ccccc4)c3n(CC)c2=O)cc1. The molecule has 0 atom stereocenters. The Morgan fingerprint density at radius 2 is 1.74 bits per heavy atom. The van der Waals surface area contributed by atoms with Gasteiger partial charge in [0.25, 0.3) is 5.56 Å². The van der Waals surface area contributed by atoms with E-state index < -0.39 is 0 Å². The summed E-state index contributed by atoms with van der Waals surface area (Å²) in [5.74, 6) is 0.726. The van der Waals surface area contributed by atoms with Crippen molar-refractivity contribution in [2.24, 2.45) is 0 Å². The third-order valence-corrected chi connectivity index (χ3v) is 6.27. The molecule has 0 unspecified atom stereocenters. The smallest absolute Gasteiger partial charge is 0.255 e. The molecule has 182 valence electrons. The number of benzene rings is 2. The molecular formula is C28H32N4O3. The van der Waals surface area contributed by atoms with Crippen LogP contribution in [0.2, 0.25) is 0 Å². The van der Waals surface area contributed by atoms with Gasteiger partial charge in [-0.2, -0.15) is 5.10 Å². The fourth-order valence-corrected chi connectivity index (χ4v) is 4.51. The highest BCUT2D eigenvalue weighted by Gasteiger charge is 2.21. The molecule has 7 nitrogen and oxygen atoms in total. The molecule has 0 aliphatic heterocycles. The lowest BCUT2D eigenvalue weighted by molar-refractivity contribution is -0.121. The number of ether oxygens (including phenoxy) is 1. The summed E-state index contributed by atoms with van der Waals surface area (Å²) in [7, 11) is 0. The summed E-state index contributed by atoms with van der Waals surface area (Å²) < 4.78 is 9.07. The standard InChI is InChI=1S/C28H32N4O3/c1-5-31-27-26(20(4)30-32(27)22-10-8-7-9-11-22)19(3)24(28(31)34)16-17-25(33)29-18-21-12-14-23(15-13-21)35-6-2/h7-15H,5-6,16-18H2,1-4H3,(H,29,33). The molecule has 4 rings (SSSR count). The Morgan fingerprint density at radius 1 is 1.03 bits per heavy atom. The third kappa shape index (κ3) is 4.99. The van der Waals surface area contributed by atoms with Crippen molar-refractivity contribution < 1.29 is 9.53 Å². The van der Waals surface area contributed by atoms with Gasteiger partial charge in [-0.15, -0.1) is 0 Å². The van der Waals surface area contributed by atoms with Gasteiger partial charge in [0.1, 0.15) is 11.4 Å². The van der Waals surface area contributed by atoms with E-state index in [9.17, 15) is 9.59 Å². The summed E-state index contributed by atoms with van der Waals surface area (Å²) in [6, 6.07) is 17.5. The number of fused-ring (bicyclic) bond motifs is 1. The van der Waals surface area contributed by atoms with Gasteiger partial charge in [-0.25, -0.2) is 4.68 Å². The molecule has 0 saturated heterocycles. The fourth-order valence-electron chi connectivity index (χ4n) is 4.51. The van der Waals surface area contributed by atoms with E-state index in [-0.39, 0.29) is 17.9 Å². The van der Waals surface area contributed by atoms with Crippen LogP contribution in [0.15, 0.2) is 59.4 Å². The van der Waals surface area contributed by atoms with Gasteiger partial charge >= 0.3 is 0 Å². The zero-order valence-electron chi connectivity index (χ0n) is 20.8. The lowest BCUT2D eigenvalue weighted by atomic mass is 10.0. The Balaban J connectivity index is 1.55. The number of carbonyl (C=O) groups excluding carboxylic acids is 1. The Morgan fingerprint density at radius 3 is 2.40 bits per heavy atom. The van der Waals surface area contributed by atoms with E-state index >= 15 is 0 Å². The maximum absolute atomic E-state index is 13.5. The number of rotatable bonds is 9. The molecule has 2 aromatic carbocycles. The first kappa shape index (κ1) is 24.3. The van der Waals surface area contributed by atoms with Crippen LogP contribution in [0.4, 0.5) is 0 Å². The fraction of sp³-hybridized carbons (Fsp3) is 0.321. The zero-order valence-corrected chi connectivity index (χ0v) is 20.8. The van der Waals surface area contributed by atoms with E-state index in [1.54, 1.807) is 4.57 Å². The molecule has 2 heterocycles. The Labute approximate surface area is 205 Å². The number of aromatic nitrogens is 3. The highest BCUT2D eigenvalue weighted by molar-refractivity contribution is 5.85. The van der Waals surface area contributed by atoms with Crippen LogP contribution in [-0.2, 0) is 24.3 Å². The van der Waals surface area contributed by atoms with Crippen LogP contribution in [0.1, 0.15) is 42.7 Å². The van der Waals surface area contributed by atoms with Crippen LogP contribution in [-0.4, -0.2) is 26.9 Å². The van der Waals surface area contributed by atoms with Crippen molar-refractivity contribution in [2.45, 2.75) is 53.6 Å². The van der Waals surface area contributed by atoms with Crippen molar-refractivity contribution in [1.29, 1.82) is 0 Å². The monoisotopic (exact) mass is 472 g/mol. The minimum atomic E-state index is -0.0856. The molecular weight excluding hydrogens is 440 g/mol. The Hall–Kier alpha value is -3.87. The normalized spacial score (nSPS) is 11.1. The largest absolute Gasteiger partial charge is 0.494 e. The quantitative estimate of drug-likeness (QED) is 0.390. The lowest BCUT2D eigenvalue weighted by Crippen LogP contribution is -2.28. The van der Waals surface area contributed by atoms with Gasteiger partial charge in [-0.05, 0) is 69.5 Å². The van der Waals surface area contributed by atoms with Crippen molar-refractivity contribution in [3.05, 3.63) is 87.3 Å². The molecule has 35 heavy (non-hydrogen) atoms. The van der Waals surface area contributed by atoms with Crippen LogP contribution in [0, 0.1) is 13.8 Å². The van der Waals surface area contributed by atoms with Gasteiger partial charge in [0.2, 0.25) is 5.91 Å². The Bertz CT molecular complexity index is 1390. The lowest BCUT2D eigenvalue weighted by Gasteiger charge is -2.14. The maximum Gasteiger partial charge on any atom is 0.255 e. The number of pyridine rings is 1. The highest BCUT2D eigenvalue weighted by Crippen LogP contribution is 2.26. The van der Waals surface area contributed by atoms with E-state index in [0.29, 0.717) is 31.7 Å². The molecule has 1 amide bonds. The van der Waals surface area contributed by atoms with Crippen LogP contribution < -0.4 is 15.6 Å². The van der Waals surface area contributed by atoms with E-state index in [0.717, 1.165) is 39.3 Å². The second-order valence-corrected chi connectivity index (χ2v) is 8.54. The number of para-hydroxylation sites is 1. The van der Waals surface area contributed by atoms with Gasteiger partial charge in [-0.3, -0.25) is 14.2 Å². The summed E-state index contributed by atoms with van der Waals surface area (Å²) in [6.45, 7) is 9.40. The second kappa shape index (κ2) is 10.6. The maximum atomic E-state index is 13.5. The first-order valence-electron chi connectivity index (χ1n) is 12.1. The molecule has 2 aromatic heterocycles. The first-order valence-corrected chi connectivity index (χ1v) is 12.1. The third-order valence-electron chi connectivity index (χ3n) is 6.27. The van der Waals surface area contributed by atoms with Gasteiger partial charge in [-0.1, -0.05) is 30.3 Å². The van der Waals surface area contributed by atoms with E-state index in [1.807, 2.05) is 87.0 Å². The van der Waals surface area contributed by atoms with Crippen molar-refractivity contribution in [1.82, 2.24) is 19.7 Å². The highest BCUT2D eigenvalue weighted by atomic mass is 16.5. The number of nitrogens with one attached hydrogen (secondary N) is 1. The van der Waals surface area contributed by atoms with Crippen LogP contribution >= 0.6 is 0 Å². The summed E-state index contributed by atoms with van der Waals surface area (Å²) >= 11 is 0. The Kier molecular flexibility index (Phi) is 7.34. The number of nitrogens with zero attached hydrogens (tertiary/aromatic N) is 3. The van der Waals surface area contributed by atoms with E-state index in [2.05, 4.69) is 5.32 Å². The molecule has 0 radical (unpaired) electrons. The molecule has 0 bridgehead atoms. The van der Waals surface area contributed by atoms with Crippen molar-refractivity contribution in [3.8, 4) is 11.4 Å². The predicted octanol–water partition coefficient (Wildman–Crippen LogP) is 4.47. The van der Waals surface area contributed by atoms with Gasteiger partial charge in [0.15, 0.2) is 0 Å². The van der Waals surface area contributed by atoms with Crippen LogP contribution in [0.5, 0.6) is 5.75 Å². The van der Waals surface area contributed by atoms with Crippen molar-refractivity contribution in [2.75, 3.05) is 6.61 Å². The molecule has 1 N–H and O–H groups in total. The summed E-state index contributed by atoms with van der Waals surface area (Å²) in [4.78, 5) is 26.1. The number of carbonyl (C=O) groups is 1. The van der Waals surface area contributed by atoms with E-state index in [1.165, 1.54) is 0 Å². The minimum Gasteiger partial charge on any atom is -0.494 e. The minimum absolute atomic E-state index is 0.0612. The average Bonchev–Trinajstić information content (AvgIpc) is 3.21. The average molecular weight is 473 g/mol. The molecule has 0 spiro atoms. The summed E-state index contributed by atoms with van der Waals surface area (Å²) in [6.07, 6.45) is 0.625. The van der Waals surface area contributed by atoms with Crippen molar-refractivity contribution in [3.63, 3.8) is 0 Å². The van der Waals surface area contributed by atoms with Crippen LogP contribution in [0.3, 0.4) is 0 Å². The molecule has 4 aromatic rings. The predicted molar refractivity (Wildman–Crippen MR) is 138 cm³/mol. The van der Waals surface area contributed by atoms with Crippen LogP contribution in [0.25, 0.3) is 16.7 Å². The molecule has 0 saturated carbocycles. The zero-order chi connectivity index (χ0) is 24.9. The number of amides is 1. The topological polar surface area (TPSA) is 78.2 Å². The first-order chi connectivity index (χ1) is 16.9. The summed E-state index contributed by atoms with van der Waals surface area (Å²) in [5, 5.41) is 8.69. The molecule has 7 heteroatoms. The number of aryl methyl sites for hydroxylation is 3. The molecule has 0 aliphatic rings. The number of hydrogen-bond acceptors (Lipinski definition) is 4. The van der Waals surface area contributed by atoms with Gasteiger partial charge in [0.05, 0.1) is 18.0 Å². The summed E-state index contributed by atoms with van der Waals surface area (Å²) in [5.41, 5.74) is 5.07. The van der Waals surface area contributed by atoms with E-state index in [4.69, 9.17) is 9.84 Å². The van der Waals surface area contributed by atoms with Gasteiger partial charge < -0.3 is 10.1 Å². The van der Waals surface area contributed by atoms with Crippen molar-refractivity contribution >= 4 is 16.9 Å².